The number of alkyl halides is 1. The molecule has 2 N–H and O–H groups in total. The molecular weight excluding hydrogens is 258 g/mol. The van der Waals surface area contributed by atoms with Gasteiger partial charge in [0.05, 0.1) is 0 Å². The van der Waals surface area contributed by atoms with Crippen molar-refractivity contribution in [1.82, 2.24) is 4.98 Å². The number of carboxylic acids is 1. The SMILES string of the molecule is O=C(O)c1cc2cc(CCBr)ccc2[nH]1. The number of aromatic carboxylic acids is 1. The van der Waals surface area contributed by atoms with Crippen LogP contribution in [0.3, 0.4) is 0 Å². The molecule has 1 heterocycles. The number of nitrogens with one attached hydrogen (secondary N) is 1. The van der Waals surface area contributed by atoms with Crippen LogP contribution < -0.4 is 0 Å². The minimum atomic E-state index is -0.923. The minimum absolute atomic E-state index is 0.237. The maximum absolute atomic E-state index is 10.7. The fourth-order valence-electron chi connectivity index (χ4n) is 1.56. The van der Waals surface area contributed by atoms with Crippen molar-refractivity contribution in [3.05, 3.63) is 35.5 Å². The van der Waals surface area contributed by atoms with Gasteiger partial charge in [0.1, 0.15) is 5.69 Å². The molecule has 2 aromatic rings. The Hall–Kier alpha value is -1.29. The van der Waals surface area contributed by atoms with E-state index in [4.69, 9.17) is 5.11 Å². The van der Waals surface area contributed by atoms with Gasteiger partial charge in [-0.25, -0.2) is 4.79 Å². The molecule has 0 atom stereocenters. The van der Waals surface area contributed by atoms with Crippen molar-refractivity contribution in [2.75, 3.05) is 5.33 Å². The summed E-state index contributed by atoms with van der Waals surface area (Å²) in [4.78, 5) is 13.6. The van der Waals surface area contributed by atoms with Crippen LogP contribution in [0.25, 0.3) is 10.9 Å². The smallest absolute Gasteiger partial charge is 0.352 e. The first kappa shape index (κ1) is 10.2. The minimum Gasteiger partial charge on any atom is -0.477 e. The number of H-pyrrole nitrogens is 1. The van der Waals surface area contributed by atoms with E-state index in [-0.39, 0.29) is 5.69 Å². The molecule has 78 valence electrons. The number of hydrogen-bond acceptors (Lipinski definition) is 1. The third-order valence-electron chi connectivity index (χ3n) is 2.30. The molecule has 0 unspecified atom stereocenters. The Bertz CT molecular complexity index is 504. The van der Waals surface area contributed by atoms with Gasteiger partial charge in [0, 0.05) is 16.2 Å². The molecule has 0 radical (unpaired) electrons. The number of hydrogen-bond donors (Lipinski definition) is 2. The lowest BCUT2D eigenvalue weighted by Crippen LogP contribution is -1.94. The molecule has 0 aliphatic carbocycles. The molecule has 2 rings (SSSR count). The highest BCUT2D eigenvalue weighted by Gasteiger charge is 2.07. The lowest BCUT2D eigenvalue weighted by Gasteiger charge is -1.96. The van der Waals surface area contributed by atoms with Crippen molar-refractivity contribution in [3.63, 3.8) is 0 Å². The van der Waals surface area contributed by atoms with Gasteiger partial charge in [-0.2, -0.15) is 0 Å². The number of aromatic amines is 1. The van der Waals surface area contributed by atoms with E-state index in [9.17, 15) is 4.79 Å². The molecule has 1 aromatic heterocycles. The van der Waals surface area contributed by atoms with Gasteiger partial charge in [0.2, 0.25) is 0 Å². The van der Waals surface area contributed by atoms with E-state index in [1.807, 2.05) is 18.2 Å². The van der Waals surface area contributed by atoms with Crippen LogP contribution in [0.4, 0.5) is 0 Å². The second-order valence-electron chi connectivity index (χ2n) is 3.35. The quantitative estimate of drug-likeness (QED) is 0.841. The molecule has 0 saturated carbocycles. The second-order valence-corrected chi connectivity index (χ2v) is 4.14. The number of halogens is 1. The number of rotatable bonds is 3. The van der Waals surface area contributed by atoms with Gasteiger partial charge in [0.25, 0.3) is 0 Å². The maximum atomic E-state index is 10.7. The van der Waals surface area contributed by atoms with Crippen LogP contribution >= 0.6 is 15.9 Å². The molecular formula is C11H10BrNO2. The van der Waals surface area contributed by atoms with Crippen LogP contribution in [0.1, 0.15) is 16.1 Å². The Balaban J connectivity index is 2.47. The van der Waals surface area contributed by atoms with E-state index in [1.165, 1.54) is 5.56 Å². The molecule has 0 amide bonds. The Kier molecular flexibility index (Phi) is 2.77. The summed E-state index contributed by atoms with van der Waals surface area (Å²) in [5.74, 6) is -0.923. The van der Waals surface area contributed by atoms with Crippen LogP contribution in [0.2, 0.25) is 0 Å². The summed E-state index contributed by atoms with van der Waals surface area (Å²) in [6.07, 6.45) is 0.948. The van der Waals surface area contributed by atoms with Gasteiger partial charge in [-0.1, -0.05) is 22.0 Å². The molecule has 3 nitrogen and oxygen atoms in total. The van der Waals surface area contributed by atoms with Crippen LogP contribution in [0.15, 0.2) is 24.3 Å². The predicted molar refractivity (Wildman–Crippen MR) is 62.8 cm³/mol. The molecule has 0 saturated heterocycles. The topological polar surface area (TPSA) is 53.1 Å². The van der Waals surface area contributed by atoms with Gasteiger partial charge in [-0.3, -0.25) is 0 Å². The molecule has 0 bridgehead atoms. The molecule has 0 fully saturated rings. The Morgan fingerprint density at radius 1 is 1.40 bits per heavy atom. The summed E-state index contributed by atoms with van der Waals surface area (Å²) in [5.41, 5.74) is 2.31. The van der Waals surface area contributed by atoms with Crippen molar-refractivity contribution >= 4 is 32.8 Å². The lowest BCUT2D eigenvalue weighted by molar-refractivity contribution is 0.0691. The van der Waals surface area contributed by atoms with E-state index >= 15 is 0 Å². The van der Waals surface area contributed by atoms with Crippen LogP contribution in [0.5, 0.6) is 0 Å². The summed E-state index contributed by atoms with van der Waals surface area (Å²) in [6, 6.07) is 7.60. The van der Waals surface area contributed by atoms with Crippen molar-refractivity contribution in [3.8, 4) is 0 Å². The second kappa shape index (κ2) is 4.06. The lowest BCUT2D eigenvalue weighted by atomic mass is 10.1. The van der Waals surface area contributed by atoms with Crippen LogP contribution in [-0.4, -0.2) is 21.4 Å². The zero-order valence-electron chi connectivity index (χ0n) is 7.96. The largest absolute Gasteiger partial charge is 0.477 e. The van der Waals surface area contributed by atoms with Gasteiger partial charge in [0.15, 0.2) is 0 Å². The number of carbonyl (C=O) groups is 1. The van der Waals surface area contributed by atoms with Crippen LogP contribution in [0, 0.1) is 0 Å². The van der Waals surface area contributed by atoms with E-state index < -0.39 is 5.97 Å². The third kappa shape index (κ3) is 2.04. The van der Waals surface area contributed by atoms with E-state index in [0.29, 0.717) is 0 Å². The van der Waals surface area contributed by atoms with Gasteiger partial charge in [-0.05, 0) is 30.2 Å². The Morgan fingerprint density at radius 3 is 2.87 bits per heavy atom. The summed E-state index contributed by atoms with van der Waals surface area (Å²) < 4.78 is 0. The molecule has 0 aliphatic heterocycles. The highest BCUT2D eigenvalue weighted by Crippen LogP contribution is 2.18. The average molecular weight is 268 g/mol. The Morgan fingerprint density at radius 2 is 2.20 bits per heavy atom. The van der Waals surface area contributed by atoms with E-state index in [1.54, 1.807) is 6.07 Å². The fraction of sp³-hybridized carbons (Fsp3) is 0.182. The normalized spacial score (nSPS) is 10.7. The first-order valence-electron chi connectivity index (χ1n) is 4.61. The predicted octanol–water partition coefficient (Wildman–Crippen LogP) is 2.80. The van der Waals surface area contributed by atoms with Crippen molar-refractivity contribution in [2.24, 2.45) is 0 Å². The summed E-state index contributed by atoms with van der Waals surface area (Å²) in [5, 5.41) is 10.7. The first-order valence-corrected chi connectivity index (χ1v) is 5.74. The van der Waals surface area contributed by atoms with Crippen LogP contribution in [-0.2, 0) is 6.42 Å². The van der Waals surface area contributed by atoms with Gasteiger partial charge >= 0.3 is 5.97 Å². The monoisotopic (exact) mass is 267 g/mol. The number of fused-ring (bicyclic) bond motifs is 1. The summed E-state index contributed by atoms with van der Waals surface area (Å²) >= 11 is 3.38. The zero-order valence-corrected chi connectivity index (χ0v) is 9.54. The zero-order chi connectivity index (χ0) is 10.8. The van der Waals surface area contributed by atoms with E-state index in [0.717, 1.165) is 22.7 Å². The van der Waals surface area contributed by atoms with Crippen molar-refractivity contribution < 1.29 is 9.90 Å². The number of benzene rings is 1. The van der Waals surface area contributed by atoms with E-state index in [2.05, 4.69) is 20.9 Å². The summed E-state index contributed by atoms with van der Waals surface area (Å²) in [7, 11) is 0. The first-order chi connectivity index (χ1) is 7.20. The highest BCUT2D eigenvalue weighted by molar-refractivity contribution is 9.09. The third-order valence-corrected chi connectivity index (χ3v) is 2.70. The van der Waals surface area contributed by atoms with Gasteiger partial charge < -0.3 is 10.1 Å². The molecule has 15 heavy (non-hydrogen) atoms. The number of aryl methyl sites for hydroxylation is 1. The van der Waals surface area contributed by atoms with Crippen molar-refractivity contribution in [2.45, 2.75) is 6.42 Å². The van der Waals surface area contributed by atoms with Crippen molar-refractivity contribution in [1.29, 1.82) is 0 Å². The molecule has 4 heteroatoms. The molecule has 0 aliphatic rings. The number of carboxylic acid groups (broad SMARTS) is 1. The molecule has 0 spiro atoms. The maximum Gasteiger partial charge on any atom is 0.352 e. The highest BCUT2D eigenvalue weighted by atomic mass is 79.9. The van der Waals surface area contributed by atoms with Gasteiger partial charge in [-0.15, -0.1) is 0 Å². The summed E-state index contributed by atoms with van der Waals surface area (Å²) in [6.45, 7) is 0. The number of aromatic nitrogens is 1. The standard InChI is InChI=1S/C11H10BrNO2/c12-4-3-7-1-2-9-8(5-7)6-10(13-9)11(14)15/h1-2,5-6,13H,3-4H2,(H,14,15). The Labute approximate surface area is 95.2 Å². The fourth-order valence-corrected chi connectivity index (χ4v) is 2.02. The molecule has 1 aromatic carbocycles. The average Bonchev–Trinajstić information content (AvgIpc) is 2.61.